The standard InChI is InChI=1S/C6H8FN/c1-8-5-3-2-4-6(8)7/h2-6H,1H3. The molecule has 0 amide bonds. The van der Waals surface area contributed by atoms with Crippen LogP contribution in [0.5, 0.6) is 0 Å². The molecule has 0 saturated carbocycles. The molecule has 0 radical (unpaired) electrons. The van der Waals surface area contributed by atoms with Crippen molar-refractivity contribution in [3.05, 3.63) is 24.4 Å². The van der Waals surface area contributed by atoms with E-state index >= 15 is 0 Å². The maximum Gasteiger partial charge on any atom is 0.191 e. The van der Waals surface area contributed by atoms with Gasteiger partial charge in [0.1, 0.15) is 0 Å². The molecule has 0 aromatic carbocycles. The lowest BCUT2D eigenvalue weighted by atomic mass is 10.3. The Morgan fingerprint density at radius 1 is 1.50 bits per heavy atom. The van der Waals surface area contributed by atoms with Gasteiger partial charge in [-0.3, -0.25) is 0 Å². The summed E-state index contributed by atoms with van der Waals surface area (Å²) in [6, 6.07) is 0. The second-order valence-corrected chi connectivity index (χ2v) is 1.76. The Morgan fingerprint density at radius 3 is 2.62 bits per heavy atom. The van der Waals surface area contributed by atoms with Crippen LogP contribution in [0.25, 0.3) is 0 Å². The lowest BCUT2D eigenvalue weighted by Gasteiger charge is -2.17. The van der Waals surface area contributed by atoms with Crippen molar-refractivity contribution in [2.75, 3.05) is 7.05 Å². The van der Waals surface area contributed by atoms with Gasteiger partial charge < -0.3 is 4.90 Å². The third-order valence-corrected chi connectivity index (χ3v) is 1.09. The fourth-order valence-electron chi connectivity index (χ4n) is 0.559. The molecule has 0 aliphatic carbocycles. The maximum absolute atomic E-state index is 12.4. The highest BCUT2D eigenvalue weighted by atomic mass is 19.1. The fraction of sp³-hybridized carbons (Fsp3) is 0.333. The molecule has 0 saturated heterocycles. The lowest BCUT2D eigenvalue weighted by molar-refractivity contribution is 0.207. The number of halogens is 1. The van der Waals surface area contributed by atoms with Gasteiger partial charge in [-0.05, 0) is 12.2 Å². The minimum Gasteiger partial charge on any atom is -0.348 e. The SMILES string of the molecule is CN1C=CC=CC1F. The zero-order valence-electron chi connectivity index (χ0n) is 4.71. The Morgan fingerprint density at radius 2 is 2.25 bits per heavy atom. The van der Waals surface area contributed by atoms with Gasteiger partial charge >= 0.3 is 0 Å². The summed E-state index contributed by atoms with van der Waals surface area (Å²) in [5.41, 5.74) is 0. The van der Waals surface area contributed by atoms with Gasteiger partial charge in [-0.15, -0.1) is 0 Å². The first-order chi connectivity index (χ1) is 3.80. The number of hydrogen-bond acceptors (Lipinski definition) is 1. The molecule has 1 atom stereocenters. The quantitative estimate of drug-likeness (QED) is 0.428. The highest BCUT2D eigenvalue weighted by molar-refractivity contribution is 5.09. The van der Waals surface area contributed by atoms with E-state index in [4.69, 9.17) is 0 Å². The molecule has 8 heavy (non-hydrogen) atoms. The van der Waals surface area contributed by atoms with Crippen molar-refractivity contribution in [2.45, 2.75) is 6.30 Å². The first-order valence-electron chi connectivity index (χ1n) is 2.52. The first kappa shape index (κ1) is 5.35. The van der Waals surface area contributed by atoms with Crippen LogP contribution in [0.1, 0.15) is 0 Å². The summed E-state index contributed by atoms with van der Waals surface area (Å²) < 4.78 is 12.4. The monoisotopic (exact) mass is 113 g/mol. The Bertz CT molecular complexity index is 112. The van der Waals surface area contributed by atoms with Crippen LogP contribution in [0, 0.1) is 0 Å². The van der Waals surface area contributed by atoms with Crippen molar-refractivity contribution in [1.29, 1.82) is 0 Å². The van der Waals surface area contributed by atoms with Crippen LogP contribution in [-0.4, -0.2) is 18.2 Å². The molecule has 2 heteroatoms. The molecule has 44 valence electrons. The number of rotatable bonds is 0. The predicted molar refractivity (Wildman–Crippen MR) is 30.9 cm³/mol. The van der Waals surface area contributed by atoms with Crippen molar-refractivity contribution in [1.82, 2.24) is 4.90 Å². The summed E-state index contributed by atoms with van der Waals surface area (Å²) in [5, 5.41) is 0. The van der Waals surface area contributed by atoms with Crippen LogP contribution < -0.4 is 0 Å². The normalized spacial score (nSPS) is 26.8. The number of nitrogens with zero attached hydrogens (tertiary/aromatic N) is 1. The molecule has 0 spiro atoms. The molecule has 1 aliphatic rings. The Labute approximate surface area is 48.1 Å². The number of hydrogen-bond donors (Lipinski definition) is 0. The van der Waals surface area contributed by atoms with E-state index in [1.165, 1.54) is 11.0 Å². The summed E-state index contributed by atoms with van der Waals surface area (Å²) >= 11 is 0. The summed E-state index contributed by atoms with van der Waals surface area (Å²) in [7, 11) is 1.70. The van der Waals surface area contributed by atoms with Gasteiger partial charge in [0, 0.05) is 13.2 Å². The van der Waals surface area contributed by atoms with E-state index in [0.29, 0.717) is 0 Å². The zero-order valence-corrected chi connectivity index (χ0v) is 4.71. The van der Waals surface area contributed by atoms with Gasteiger partial charge in [0.2, 0.25) is 0 Å². The fourth-order valence-corrected chi connectivity index (χ4v) is 0.559. The predicted octanol–water partition coefficient (Wildman–Crippen LogP) is 1.30. The zero-order chi connectivity index (χ0) is 5.98. The van der Waals surface area contributed by atoms with E-state index in [-0.39, 0.29) is 0 Å². The van der Waals surface area contributed by atoms with Crippen molar-refractivity contribution in [3.8, 4) is 0 Å². The summed E-state index contributed by atoms with van der Waals surface area (Å²) in [4.78, 5) is 1.50. The van der Waals surface area contributed by atoms with E-state index in [1.54, 1.807) is 25.4 Å². The molecule has 1 aliphatic heterocycles. The number of likely N-dealkylation sites (N-methyl/N-ethyl adjacent to an activating group) is 1. The minimum absolute atomic E-state index is 0.931. The topological polar surface area (TPSA) is 3.24 Å². The van der Waals surface area contributed by atoms with Gasteiger partial charge in [-0.25, -0.2) is 4.39 Å². The van der Waals surface area contributed by atoms with Crippen molar-refractivity contribution in [3.63, 3.8) is 0 Å². The van der Waals surface area contributed by atoms with E-state index in [2.05, 4.69) is 0 Å². The summed E-state index contributed by atoms with van der Waals surface area (Å²) in [5.74, 6) is 0. The largest absolute Gasteiger partial charge is 0.348 e. The van der Waals surface area contributed by atoms with Gasteiger partial charge in [0.25, 0.3) is 0 Å². The molecule has 1 heterocycles. The molecule has 0 aromatic heterocycles. The molecule has 0 bridgehead atoms. The van der Waals surface area contributed by atoms with Crippen LogP contribution in [0.4, 0.5) is 4.39 Å². The second-order valence-electron chi connectivity index (χ2n) is 1.76. The molecular weight excluding hydrogens is 105 g/mol. The molecular formula is C6H8FN. The van der Waals surface area contributed by atoms with Crippen LogP contribution in [0.2, 0.25) is 0 Å². The first-order valence-corrected chi connectivity index (χ1v) is 2.52. The average Bonchev–Trinajstić information content (AvgIpc) is 1.77. The van der Waals surface area contributed by atoms with Gasteiger partial charge in [0.15, 0.2) is 6.30 Å². The Balaban J connectivity index is 2.59. The van der Waals surface area contributed by atoms with E-state index in [9.17, 15) is 4.39 Å². The second kappa shape index (κ2) is 1.99. The summed E-state index contributed by atoms with van der Waals surface area (Å²) in [6.45, 7) is 0. The van der Waals surface area contributed by atoms with Crippen LogP contribution in [-0.2, 0) is 0 Å². The summed E-state index contributed by atoms with van der Waals surface area (Å²) in [6.07, 6.45) is 5.77. The van der Waals surface area contributed by atoms with Gasteiger partial charge in [-0.2, -0.15) is 0 Å². The van der Waals surface area contributed by atoms with Crippen LogP contribution >= 0.6 is 0 Å². The Hall–Kier alpha value is -0.790. The molecule has 0 fully saturated rings. The van der Waals surface area contributed by atoms with E-state index < -0.39 is 6.30 Å². The third-order valence-electron chi connectivity index (χ3n) is 1.09. The minimum atomic E-state index is -0.931. The van der Waals surface area contributed by atoms with Crippen molar-refractivity contribution < 1.29 is 4.39 Å². The van der Waals surface area contributed by atoms with E-state index in [0.717, 1.165) is 0 Å². The van der Waals surface area contributed by atoms with Crippen LogP contribution in [0.3, 0.4) is 0 Å². The van der Waals surface area contributed by atoms with Gasteiger partial charge in [0.05, 0.1) is 0 Å². The maximum atomic E-state index is 12.4. The molecule has 1 rings (SSSR count). The van der Waals surface area contributed by atoms with Crippen molar-refractivity contribution >= 4 is 0 Å². The van der Waals surface area contributed by atoms with E-state index in [1.807, 2.05) is 0 Å². The van der Waals surface area contributed by atoms with Crippen molar-refractivity contribution in [2.24, 2.45) is 0 Å². The highest BCUT2D eigenvalue weighted by Crippen LogP contribution is 2.04. The third kappa shape index (κ3) is 0.886. The average molecular weight is 113 g/mol. The molecule has 0 aromatic rings. The molecule has 1 unspecified atom stereocenters. The highest BCUT2D eigenvalue weighted by Gasteiger charge is 2.04. The number of allylic oxidation sites excluding steroid dienone is 2. The van der Waals surface area contributed by atoms with Gasteiger partial charge in [-0.1, -0.05) is 6.08 Å². The lowest BCUT2D eigenvalue weighted by Crippen LogP contribution is -2.21. The molecule has 0 N–H and O–H groups in total. The Kier molecular flexibility index (Phi) is 1.33. The smallest absolute Gasteiger partial charge is 0.191 e. The molecule has 1 nitrogen and oxygen atoms in total. The number of alkyl halides is 1. The van der Waals surface area contributed by atoms with Crippen LogP contribution in [0.15, 0.2) is 24.4 Å².